The molecule has 0 aromatic carbocycles. The smallest absolute Gasteiger partial charge is 0.100 e. The number of halogens is 1. The molecule has 0 N–H and O–H groups in total. The van der Waals surface area contributed by atoms with Crippen LogP contribution in [0.5, 0.6) is 0 Å². The zero-order chi connectivity index (χ0) is 10.3. The van der Waals surface area contributed by atoms with E-state index in [0.717, 1.165) is 12.0 Å². The molecular formula is C11H21FO. The lowest BCUT2D eigenvalue weighted by Gasteiger charge is -2.17. The van der Waals surface area contributed by atoms with E-state index in [2.05, 4.69) is 6.58 Å². The van der Waals surface area contributed by atoms with Crippen LogP contribution in [-0.4, -0.2) is 19.9 Å². The maximum Gasteiger partial charge on any atom is 0.100 e. The zero-order valence-electron chi connectivity index (χ0n) is 8.98. The van der Waals surface area contributed by atoms with Crippen molar-refractivity contribution in [3.63, 3.8) is 0 Å². The van der Waals surface area contributed by atoms with Crippen molar-refractivity contribution in [2.24, 2.45) is 5.92 Å². The van der Waals surface area contributed by atoms with E-state index in [9.17, 15) is 4.39 Å². The first kappa shape index (κ1) is 12.6. The summed E-state index contributed by atoms with van der Waals surface area (Å²) in [7, 11) is 1.66. The Hall–Kier alpha value is -0.370. The Morgan fingerprint density at radius 3 is 2.54 bits per heavy atom. The Morgan fingerprint density at radius 1 is 1.54 bits per heavy atom. The molecule has 0 aromatic heterocycles. The fourth-order valence-electron chi connectivity index (χ4n) is 1.47. The number of ether oxygens (including phenoxy) is 1. The van der Waals surface area contributed by atoms with Gasteiger partial charge in [-0.2, -0.15) is 0 Å². The maximum atomic E-state index is 13.1. The minimum atomic E-state index is -0.695. The second-order valence-electron chi connectivity index (χ2n) is 3.72. The first-order valence-corrected chi connectivity index (χ1v) is 4.87. The average molecular weight is 188 g/mol. The molecule has 0 aliphatic heterocycles. The fourth-order valence-corrected chi connectivity index (χ4v) is 1.47. The summed E-state index contributed by atoms with van der Waals surface area (Å²) in [6.45, 7) is 8.31. The first-order valence-electron chi connectivity index (χ1n) is 4.87. The van der Waals surface area contributed by atoms with Gasteiger partial charge in [0.1, 0.15) is 6.17 Å². The van der Waals surface area contributed by atoms with Crippen LogP contribution in [0.25, 0.3) is 0 Å². The molecular weight excluding hydrogens is 167 g/mol. The van der Waals surface area contributed by atoms with Crippen molar-refractivity contribution in [3.05, 3.63) is 12.2 Å². The Kier molecular flexibility index (Phi) is 6.87. The molecule has 0 heterocycles. The number of hydrogen-bond acceptors (Lipinski definition) is 1. The van der Waals surface area contributed by atoms with E-state index in [0.29, 0.717) is 19.4 Å². The number of allylic oxidation sites excluding steroid dienone is 1. The van der Waals surface area contributed by atoms with Gasteiger partial charge < -0.3 is 4.74 Å². The maximum absolute atomic E-state index is 13.1. The minimum absolute atomic E-state index is 0.289. The lowest BCUT2D eigenvalue weighted by Crippen LogP contribution is -2.14. The van der Waals surface area contributed by atoms with Gasteiger partial charge in [-0.25, -0.2) is 4.39 Å². The van der Waals surface area contributed by atoms with Crippen LogP contribution < -0.4 is 0 Å². The topological polar surface area (TPSA) is 9.23 Å². The molecule has 0 saturated carbocycles. The number of methoxy groups -OCH3 is 1. The van der Waals surface area contributed by atoms with Gasteiger partial charge >= 0.3 is 0 Å². The summed E-state index contributed by atoms with van der Waals surface area (Å²) >= 11 is 0. The highest BCUT2D eigenvalue weighted by atomic mass is 19.1. The van der Waals surface area contributed by atoms with Gasteiger partial charge in [-0.05, 0) is 32.1 Å². The van der Waals surface area contributed by atoms with Crippen molar-refractivity contribution in [2.45, 2.75) is 39.3 Å². The monoisotopic (exact) mass is 188 g/mol. The highest BCUT2D eigenvalue weighted by Gasteiger charge is 2.14. The van der Waals surface area contributed by atoms with Crippen LogP contribution in [0.1, 0.15) is 33.1 Å². The molecule has 2 unspecified atom stereocenters. The van der Waals surface area contributed by atoms with Crippen molar-refractivity contribution in [1.82, 2.24) is 0 Å². The molecule has 0 fully saturated rings. The summed E-state index contributed by atoms with van der Waals surface area (Å²) in [5.41, 5.74) is 1.10. The summed E-state index contributed by atoms with van der Waals surface area (Å²) in [5.74, 6) is 0.289. The Bertz CT molecular complexity index is 145. The summed E-state index contributed by atoms with van der Waals surface area (Å²) < 4.78 is 18.1. The van der Waals surface area contributed by atoms with Gasteiger partial charge in [0, 0.05) is 13.7 Å². The third-order valence-electron chi connectivity index (χ3n) is 2.07. The van der Waals surface area contributed by atoms with E-state index in [1.165, 1.54) is 0 Å². The largest absolute Gasteiger partial charge is 0.384 e. The lowest BCUT2D eigenvalue weighted by atomic mass is 9.95. The quantitative estimate of drug-likeness (QED) is 0.557. The molecule has 0 bridgehead atoms. The number of rotatable bonds is 7. The van der Waals surface area contributed by atoms with Crippen molar-refractivity contribution >= 4 is 0 Å². The molecule has 2 atom stereocenters. The van der Waals surface area contributed by atoms with Crippen molar-refractivity contribution in [3.8, 4) is 0 Å². The van der Waals surface area contributed by atoms with Gasteiger partial charge in [-0.3, -0.25) is 0 Å². The van der Waals surface area contributed by atoms with Crippen LogP contribution in [0.3, 0.4) is 0 Å². The third kappa shape index (κ3) is 6.76. The number of alkyl halides is 1. The molecule has 0 aliphatic carbocycles. The van der Waals surface area contributed by atoms with Crippen LogP contribution >= 0.6 is 0 Å². The molecule has 1 nitrogen and oxygen atoms in total. The fraction of sp³-hybridized carbons (Fsp3) is 0.818. The summed E-state index contributed by atoms with van der Waals surface area (Å²) in [6.07, 6.45) is 1.36. The number of hydrogen-bond donors (Lipinski definition) is 0. The SMILES string of the molecule is C=C(C)CC(COC)CC(F)CC. The standard InChI is InChI=1S/C11H21FO/c1-5-11(12)7-10(8-13-4)6-9(2)3/h10-11H,2,5-8H2,1,3-4H3. The zero-order valence-corrected chi connectivity index (χ0v) is 8.98. The van der Waals surface area contributed by atoms with Crippen LogP contribution in [0.4, 0.5) is 4.39 Å². The van der Waals surface area contributed by atoms with Crippen LogP contribution in [0.2, 0.25) is 0 Å². The van der Waals surface area contributed by atoms with E-state index in [1.54, 1.807) is 7.11 Å². The summed E-state index contributed by atoms with van der Waals surface area (Å²) in [5, 5.41) is 0. The molecule has 0 radical (unpaired) electrons. The molecule has 0 rings (SSSR count). The highest BCUT2D eigenvalue weighted by Crippen LogP contribution is 2.19. The molecule has 2 heteroatoms. The first-order chi connectivity index (χ1) is 6.10. The van der Waals surface area contributed by atoms with E-state index in [1.807, 2.05) is 13.8 Å². The van der Waals surface area contributed by atoms with Crippen molar-refractivity contribution in [1.29, 1.82) is 0 Å². The van der Waals surface area contributed by atoms with Gasteiger partial charge in [-0.1, -0.05) is 12.5 Å². The van der Waals surface area contributed by atoms with Gasteiger partial charge in [0.25, 0.3) is 0 Å². The predicted molar refractivity (Wildman–Crippen MR) is 54.6 cm³/mol. The predicted octanol–water partition coefficient (Wildman–Crippen LogP) is 3.35. The molecule has 0 spiro atoms. The van der Waals surface area contributed by atoms with Gasteiger partial charge in [0.2, 0.25) is 0 Å². The molecule has 0 aromatic rings. The second kappa shape index (κ2) is 7.07. The summed E-state index contributed by atoms with van der Waals surface area (Å²) in [6, 6.07) is 0. The average Bonchev–Trinajstić information content (AvgIpc) is 2.03. The lowest BCUT2D eigenvalue weighted by molar-refractivity contribution is 0.128. The van der Waals surface area contributed by atoms with Gasteiger partial charge in [0.05, 0.1) is 0 Å². The molecule has 13 heavy (non-hydrogen) atoms. The molecule has 0 saturated heterocycles. The Morgan fingerprint density at radius 2 is 2.15 bits per heavy atom. The van der Waals surface area contributed by atoms with E-state index in [-0.39, 0.29) is 5.92 Å². The second-order valence-corrected chi connectivity index (χ2v) is 3.72. The normalized spacial score (nSPS) is 15.4. The minimum Gasteiger partial charge on any atom is -0.384 e. The van der Waals surface area contributed by atoms with Crippen LogP contribution in [0, 0.1) is 5.92 Å². The summed E-state index contributed by atoms with van der Waals surface area (Å²) in [4.78, 5) is 0. The third-order valence-corrected chi connectivity index (χ3v) is 2.07. The molecule has 0 aliphatic rings. The molecule has 0 amide bonds. The van der Waals surface area contributed by atoms with Gasteiger partial charge in [-0.15, -0.1) is 6.58 Å². The van der Waals surface area contributed by atoms with E-state index >= 15 is 0 Å². The molecule has 78 valence electrons. The van der Waals surface area contributed by atoms with E-state index in [4.69, 9.17) is 4.74 Å². The van der Waals surface area contributed by atoms with Gasteiger partial charge in [0.15, 0.2) is 0 Å². The Balaban J connectivity index is 3.85. The highest BCUT2D eigenvalue weighted by molar-refractivity contribution is 4.90. The van der Waals surface area contributed by atoms with E-state index < -0.39 is 6.17 Å². The van der Waals surface area contributed by atoms with Crippen molar-refractivity contribution < 1.29 is 9.13 Å². The van der Waals surface area contributed by atoms with Crippen molar-refractivity contribution in [2.75, 3.05) is 13.7 Å². The Labute approximate surface area is 81.0 Å². The van der Waals surface area contributed by atoms with Crippen LogP contribution in [0.15, 0.2) is 12.2 Å². The van der Waals surface area contributed by atoms with Crippen LogP contribution in [-0.2, 0) is 4.74 Å².